The van der Waals surface area contributed by atoms with E-state index >= 15 is 0 Å². The van der Waals surface area contributed by atoms with Crippen molar-refractivity contribution in [2.45, 2.75) is 20.0 Å². The number of carbonyl (C=O) groups excluding carboxylic acids is 1. The Balaban J connectivity index is 1.83. The van der Waals surface area contributed by atoms with Gasteiger partial charge in [0.2, 0.25) is 5.91 Å². The predicted molar refractivity (Wildman–Crippen MR) is 103 cm³/mol. The summed E-state index contributed by atoms with van der Waals surface area (Å²) in [5.41, 5.74) is 1.72. The number of rotatable bonds is 10. The Bertz CT molecular complexity index is 791. The monoisotopic (exact) mass is 391 g/mol. The van der Waals surface area contributed by atoms with Crippen LogP contribution in [0.4, 0.5) is 8.78 Å². The van der Waals surface area contributed by atoms with Crippen molar-refractivity contribution in [3.8, 4) is 17.2 Å². The van der Waals surface area contributed by atoms with Gasteiger partial charge in [0.25, 0.3) is 0 Å². The second-order valence-electron chi connectivity index (χ2n) is 5.74. The summed E-state index contributed by atoms with van der Waals surface area (Å²) in [6.07, 6.45) is 3.70. The van der Waals surface area contributed by atoms with Crippen molar-refractivity contribution >= 4 is 12.0 Å². The van der Waals surface area contributed by atoms with Crippen LogP contribution in [0.25, 0.3) is 6.08 Å². The quantitative estimate of drug-likeness (QED) is 0.621. The number of methoxy groups -OCH3 is 1. The minimum absolute atomic E-state index is 0.108. The molecule has 1 amide bonds. The van der Waals surface area contributed by atoms with Gasteiger partial charge in [0.1, 0.15) is 5.75 Å². The molecule has 0 aliphatic heterocycles. The fourth-order valence-electron chi connectivity index (χ4n) is 2.46. The molecular weight excluding hydrogens is 368 g/mol. The lowest BCUT2D eigenvalue weighted by atomic mass is 10.1. The Kier molecular flexibility index (Phi) is 8.27. The third-order valence-electron chi connectivity index (χ3n) is 3.78. The maximum absolute atomic E-state index is 12.1. The summed E-state index contributed by atoms with van der Waals surface area (Å²) in [5.74, 6) is 1.13. The number of alkyl halides is 2. The molecule has 5 nitrogen and oxygen atoms in total. The summed E-state index contributed by atoms with van der Waals surface area (Å²) in [6, 6.07) is 11.7. The lowest BCUT2D eigenvalue weighted by Crippen LogP contribution is -2.23. The normalized spacial score (nSPS) is 10.9. The van der Waals surface area contributed by atoms with Crippen LogP contribution in [-0.4, -0.2) is 32.8 Å². The smallest absolute Gasteiger partial charge is 0.387 e. The average Bonchev–Trinajstić information content (AvgIpc) is 2.68. The number of carbonyl (C=O) groups is 1. The van der Waals surface area contributed by atoms with E-state index in [1.165, 1.54) is 18.2 Å². The first kappa shape index (κ1) is 21.2. The van der Waals surface area contributed by atoms with Crippen molar-refractivity contribution in [1.82, 2.24) is 5.32 Å². The zero-order chi connectivity index (χ0) is 20.4. The molecule has 150 valence electrons. The molecule has 2 aromatic rings. The molecular formula is C21H23F2NO4. The number of hydrogen-bond donors (Lipinski definition) is 1. The fraction of sp³-hybridized carbons (Fsp3) is 0.286. The van der Waals surface area contributed by atoms with Crippen LogP contribution in [0.5, 0.6) is 17.2 Å². The Morgan fingerprint density at radius 3 is 2.54 bits per heavy atom. The number of nitrogens with one attached hydrogen (secondary N) is 1. The minimum atomic E-state index is -2.84. The minimum Gasteiger partial charge on any atom is -0.493 e. The van der Waals surface area contributed by atoms with Crippen LogP contribution in [0.1, 0.15) is 18.1 Å². The van der Waals surface area contributed by atoms with E-state index in [-0.39, 0.29) is 11.7 Å². The van der Waals surface area contributed by atoms with E-state index in [0.717, 1.165) is 11.1 Å². The molecule has 2 rings (SSSR count). The molecule has 0 fully saturated rings. The largest absolute Gasteiger partial charge is 0.493 e. The summed E-state index contributed by atoms with van der Waals surface area (Å²) in [4.78, 5) is 12.0. The standard InChI is InChI=1S/C21H23F2NO4/c1-3-27-19-14-16(6-10-18(19)26-2)7-11-20(25)24-13-12-15-4-8-17(9-5-15)28-21(22)23/h4-11,14,21H,3,12-13H2,1-2H3,(H,24,25)/b11-7+. The molecule has 0 aliphatic carbocycles. The highest BCUT2D eigenvalue weighted by Crippen LogP contribution is 2.28. The van der Waals surface area contributed by atoms with E-state index in [1.807, 2.05) is 13.0 Å². The maximum atomic E-state index is 12.1. The van der Waals surface area contributed by atoms with Crippen LogP contribution in [0.3, 0.4) is 0 Å². The molecule has 0 radical (unpaired) electrons. The van der Waals surface area contributed by atoms with E-state index in [4.69, 9.17) is 9.47 Å². The molecule has 1 N–H and O–H groups in total. The number of amides is 1. The first-order valence-electron chi connectivity index (χ1n) is 8.82. The van der Waals surface area contributed by atoms with Gasteiger partial charge in [-0.1, -0.05) is 18.2 Å². The van der Waals surface area contributed by atoms with Gasteiger partial charge in [0.05, 0.1) is 13.7 Å². The number of halogens is 2. The van der Waals surface area contributed by atoms with E-state index in [9.17, 15) is 13.6 Å². The molecule has 0 atom stereocenters. The second kappa shape index (κ2) is 10.9. The third-order valence-corrected chi connectivity index (χ3v) is 3.78. The molecule has 2 aromatic carbocycles. The van der Waals surface area contributed by atoms with Gasteiger partial charge in [-0.25, -0.2) is 0 Å². The predicted octanol–water partition coefficient (Wildman–Crippen LogP) is 4.07. The number of ether oxygens (including phenoxy) is 3. The Morgan fingerprint density at radius 2 is 1.89 bits per heavy atom. The lowest BCUT2D eigenvalue weighted by Gasteiger charge is -2.09. The zero-order valence-electron chi connectivity index (χ0n) is 15.8. The van der Waals surface area contributed by atoms with Crippen molar-refractivity contribution in [2.75, 3.05) is 20.3 Å². The van der Waals surface area contributed by atoms with E-state index in [2.05, 4.69) is 10.1 Å². The summed E-state index contributed by atoms with van der Waals surface area (Å²) >= 11 is 0. The van der Waals surface area contributed by atoms with Gasteiger partial charge in [-0.15, -0.1) is 0 Å². The zero-order valence-corrected chi connectivity index (χ0v) is 15.8. The average molecular weight is 391 g/mol. The first-order valence-corrected chi connectivity index (χ1v) is 8.82. The molecule has 0 saturated heterocycles. The van der Waals surface area contributed by atoms with Crippen LogP contribution in [0, 0.1) is 0 Å². The topological polar surface area (TPSA) is 56.8 Å². The van der Waals surface area contributed by atoms with E-state index < -0.39 is 6.61 Å². The molecule has 0 saturated carbocycles. The number of hydrogen-bond acceptors (Lipinski definition) is 4. The van der Waals surface area contributed by atoms with Crippen molar-refractivity contribution in [3.63, 3.8) is 0 Å². The Morgan fingerprint density at radius 1 is 1.14 bits per heavy atom. The van der Waals surface area contributed by atoms with E-state index in [1.54, 1.807) is 37.5 Å². The van der Waals surface area contributed by atoms with Crippen molar-refractivity contribution in [1.29, 1.82) is 0 Å². The molecule has 0 aliphatic rings. The first-order chi connectivity index (χ1) is 13.5. The highest BCUT2D eigenvalue weighted by Gasteiger charge is 2.05. The molecule has 28 heavy (non-hydrogen) atoms. The Hall–Kier alpha value is -3.09. The SMILES string of the molecule is CCOc1cc(/C=C/C(=O)NCCc2ccc(OC(F)F)cc2)ccc1OC. The summed E-state index contributed by atoms with van der Waals surface area (Å²) in [6.45, 7) is -0.0220. The van der Waals surface area contributed by atoms with Crippen LogP contribution >= 0.6 is 0 Å². The summed E-state index contributed by atoms with van der Waals surface area (Å²) in [5, 5.41) is 2.78. The maximum Gasteiger partial charge on any atom is 0.387 e. The van der Waals surface area contributed by atoms with Gasteiger partial charge in [-0.3, -0.25) is 4.79 Å². The molecule has 0 heterocycles. The van der Waals surface area contributed by atoms with Gasteiger partial charge in [-0.05, 0) is 54.8 Å². The van der Waals surface area contributed by atoms with Crippen molar-refractivity contribution < 1.29 is 27.8 Å². The van der Waals surface area contributed by atoms with Crippen LogP contribution < -0.4 is 19.5 Å². The summed E-state index contributed by atoms with van der Waals surface area (Å²) < 4.78 is 39.3. The van der Waals surface area contributed by atoms with Gasteiger partial charge in [0.15, 0.2) is 11.5 Å². The second-order valence-corrected chi connectivity index (χ2v) is 5.74. The van der Waals surface area contributed by atoms with E-state index in [0.29, 0.717) is 31.1 Å². The van der Waals surface area contributed by atoms with Crippen molar-refractivity contribution in [2.24, 2.45) is 0 Å². The highest BCUT2D eigenvalue weighted by atomic mass is 19.3. The Labute approximate surface area is 162 Å². The van der Waals surface area contributed by atoms with Gasteiger partial charge in [0, 0.05) is 12.6 Å². The lowest BCUT2D eigenvalue weighted by molar-refractivity contribution is -0.116. The van der Waals surface area contributed by atoms with Gasteiger partial charge < -0.3 is 19.5 Å². The summed E-state index contributed by atoms with van der Waals surface area (Å²) in [7, 11) is 1.57. The third kappa shape index (κ3) is 6.90. The van der Waals surface area contributed by atoms with Crippen LogP contribution in [0.15, 0.2) is 48.5 Å². The van der Waals surface area contributed by atoms with Gasteiger partial charge >= 0.3 is 6.61 Å². The van der Waals surface area contributed by atoms with Crippen molar-refractivity contribution in [3.05, 3.63) is 59.7 Å². The van der Waals surface area contributed by atoms with Crippen LogP contribution in [0.2, 0.25) is 0 Å². The molecule has 7 heteroatoms. The molecule has 0 bridgehead atoms. The fourth-order valence-corrected chi connectivity index (χ4v) is 2.46. The molecule has 0 unspecified atom stereocenters. The highest BCUT2D eigenvalue weighted by molar-refractivity contribution is 5.91. The molecule has 0 aromatic heterocycles. The molecule has 0 spiro atoms. The number of benzene rings is 2. The van der Waals surface area contributed by atoms with Gasteiger partial charge in [-0.2, -0.15) is 8.78 Å². The van der Waals surface area contributed by atoms with Crippen LogP contribution in [-0.2, 0) is 11.2 Å².